The van der Waals surface area contributed by atoms with Gasteiger partial charge in [0.05, 0.1) is 17.6 Å². The predicted molar refractivity (Wildman–Crippen MR) is 122 cm³/mol. The van der Waals surface area contributed by atoms with E-state index < -0.39 is 0 Å². The summed E-state index contributed by atoms with van der Waals surface area (Å²) in [5, 5.41) is 2.88. The lowest BCUT2D eigenvalue weighted by molar-refractivity contribution is -0.117. The van der Waals surface area contributed by atoms with Gasteiger partial charge in [-0.05, 0) is 43.5 Å². The molecular formula is C25H29N3O2. The van der Waals surface area contributed by atoms with Crippen LogP contribution in [-0.4, -0.2) is 28.6 Å². The Labute approximate surface area is 178 Å². The maximum Gasteiger partial charge on any atom is 0.246 e. The van der Waals surface area contributed by atoms with E-state index in [1.807, 2.05) is 42.5 Å². The molecule has 5 nitrogen and oxygen atoms in total. The number of hydrogen-bond donors (Lipinski definition) is 1. The molecule has 2 aromatic carbocycles. The molecule has 1 aromatic heterocycles. The molecule has 1 amide bonds. The summed E-state index contributed by atoms with van der Waals surface area (Å²) in [5.41, 5.74) is 3.73. The van der Waals surface area contributed by atoms with Gasteiger partial charge in [-0.3, -0.25) is 4.79 Å². The number of benzene rings is 2. The lowest BCUT2D eigenvalue weighted by Crippen LogP contribution is -2.26. The second-order valence-corrected chi connectivity index (χ2v) is 7.26. The van der Waals surface area contributed by atoms with Gasteiger partial charge in [0.25, 0.3) is 0 Å². The van der Waals surface area contributed by atoms with Crippen molar-refractivity contribution in [3.8, 4) is 5.75 Å². The van der Waals surface area contributed by atoms with E-state index in [0.717, 1.165) is 47.6 Å². The smallest absolute Gasteiger partial charge is 0.246 e. The molecule has 1 N–H and O–H groups in total. The van der Waals surface area contributed by atoms with Crippen molar-refractivity contribution in [2.45, 2.75) is 32.7 Å². The van der Waals surface area contributed by atoms with E-state index in [-0.39, 0.29) is 5.91 Å². The molecule has 0 saturated heterocycles. The van der Waals surface area contributed by atoms with Crippen LogP contribution in [0.3, 0.4) is 0 Å². The summed E-state index contributed by atoms with van der Waals surface area (Å²) in [4.78, 5) is 16.5. The van der Waals surface area contributed by atoms with Gasteiger partial charge in [0.1, 0.15) is 11.6 Å². The number of nitrogens with one attached hydrogen (secondary N) is 1. The van der Waals surface area contributed by atoms with Crippen molar-refractivity contribution < 1.29 is 9.53 Å². The third-order valence-corrected chi connectivity index (χ3v) is 4.88. The average molecular weight is 404 g/mol. The van der Waals surface area contributed by atoms with Crippen LogP contribution >= 0.6 is 0 Å². The Morgan fingerprint density at radius 3 is 2.77 bits per heavy atom. The molecule has 30 heavy (non-hydrogen) atoms. The monoisotopic (exact) mass is 403 g/mol. The summed E-state index contributed by atoms with van der Waals surface area (Å²) in [6.07, 6.45) is 4.20. The fraction of sp³-hybridized carbons (Fsp3) is 0.280. The number of rotatable bonds is 11. The molecule has 3 aromatic rings. The third kappa shape index (κ3) is 5.38. The Balaban J connectivity index is 1.64. The summed E-state index contributed by atoms with van der Waals surface area (Å²) >= 11 is 0. The number of fused-ring (bicyclic) bond motifs is 1. The Hall–Kier alpha value is -3.34. The topological polar surface area (TPSA) is 56.1 Å². The van der Waals surface area contributed by atoms with Gasteiger partial charge in [-0.15, -0.1) is 6.58 Å². The van der Waals surface area contributed by atoms with Crippen LogP contribution in [0.1, 0.15) is 24.7 Å². The van der Waals surface area contributed by atoms with Crippen LogP contribution in [0.15, 0.2) is 73.3 Å². The summed E-state index contributed by atoms with van der Waals surface area (Å²) in [6, 6.07) is 16.2. The van der Waals surface area contributed by atoms with Gasteiger partial charge in [0.15, 0.2) is 0 Å². The van der Waals surface area contributed by atoms with Crippen LogP contribution in [-0.2, 0) is 24.2 Å². The van der Waals surface area contributed by atoms with E-state index in [9.17, 15) is 4.79 Å². The predicted octanol–water partition coefficient (Wildman–Crippen LogP) is 4.47. The minimum Gasteiger partial charge on any atom is -0.493 e. The largest absolute Gasteiger partial charge is 0.493 e. The molecule has 1 heterocycles. The van der Waals surface area contributed by atoms with Crippen molar-refractivity contribution in [3.05, 3.63) is 84.7 Å². The number of aryl methyl sites for hydroxylation is 1. The minimum absolute atomic E-state index is 0.121. The third-order valence-electron chi connectivity index (χ3n) is 4.88. The Bertz CT molecular complexity index is 1040. The number of hydrogen-bond acceptors (Lipinski definition) is 3. The van der Waals surface area contributed by atoms with E-state index in [4.69, 9.17) is 9.72 Å². The molecule has 0 aliphatic carbocycles. The number of nitrogens with zero attached hydrogens (tertiary/aromatic N) is 2. The van der Waals surface area contributed by atoms with Gasteiger partial charge in [-0.1, -0.05) is 43.0 Å². The molecule has 5 heteroatoms. The molecule has 0 radical (unpaired) electrons. The Morgan fingerprint density at radius 2 is 1.97 bits per heavy atom. The number of aromatic nitrogens is 2. The summed E-state index contributed by atoms with van der Waals surface area (Å²) in [7, 11) is 0. The quantitative estimate of drug-likeness (QED) is 0.292. The molecule has 0 spiro atoms. The first-order valence-electron chi connectivity index (χ1n) is 10.3. The van der Waals surface area contributed by atoms with Crippen molar-refractivity contribution in [1.82, 2.24) is 14.9 Å². The highest BCUT2D eigenvalue weighted by Crippen LogP contribution is 2.20. The van der Waals surface area contributed by atoms with E-state index in [1.54, 1.807) is 6.92 Å². The molecule has 0 saturated carbocycles. The zero-order valence-electron chi connectivity index (χ0n) is 17.6. The average Bonchev–Trinajstić information content (AvgIpc) is 3.09. The molecular weight excluding hydrogens is 374 g/mol. The SMILES string of the molecule is C=CCc1ccccc1OCCCn1c(CCNC(=O)C(=C)C)nc2ccccc21. The number of allylic oxidation sites excluding steroid dienone is 1. The highest BCUT2D eigenvalue weighted by Gasteiger charge is 2.11. The maximum absolute atomic E-state index is 11.7. The van der Waals surface area contributed by atoms with Crippen LogP contribution in [0.2, 0.25) is 0 Å². The highest BCUT2D eigenvalue weighted by atomic mass is 16.5. The van der Waals surface area contributed by atoms with Crippen molar-refractivity contribution in [3.63, 3.8) is 0 Å². The summed E-state index contributed by atoms with van der Waals surface area (Å²) < 4.78 is 8.25. The van der Waals surface area contributed by atoms with Crippen molar-refractivity contribution in [2.75, 3.05) is 13.2 Å². The maximum atomic E-state index is 11.7. The minimum atomic E-state index is -0.121. The van der Waals surface area contributed by atoms with Gasteiger partial charge >= 0.3 is 0 Å². The summed E-state index contributed by atoms with van der Waals surface area (Å²) in [6.45, 7) is 11.1. The van der Waals surface area contributed by atoms with Crippen LogP contribution in [0, 0.1) is 0 Å². The fourth-order valence-electron chi connectivity index (χ4n) is 3.38. The highest BCUT2D eigenvalue weighted by molar-refractivity contribution is 5.92. The number of ether oxygens (including phenoxy) is 1. The van der Waals surface area contributed by atoms with E-state index in [1.165, 1.54) is 0 Å². The van der Waals surface area contributed by atoms with Gasteiger partial charge in [0.2, 0.25) is 5.91 Å². The lowest BCUT2D eigenvalue weighted by atomic mass is 10.1. The van der Waals surface area contributed by atoms with Gasteiger partial charge < -0.3 is 14.6 Å². The van der Waals surface area contributed by atoms with Crippen molar-refractivity contribution in [2.24, 2.45) is 0 Å². The molecule has 0 unspecified atom stereocenters. The second kappa shape index (κ2) is 10.4. The standard InChI is InChI=1S/C25H29N3O2/c1-4-10-20-11-5-8-14-23(20)30-18-9-17-28-22-13-7-6-12-21(22)27-24(28)15-16-26-25(29)19(2)3/h4-8,11-14H,1-2,9-10,15-18H2,3H3,(H,26,29). The van der Waals surface area contributed by atoms with E-state index >= 15 is 0 Å². The van der Waals surface area contributed by atoms with Crippen LogP contribution in [0.5, 0.6) is 5.75 Å². The first-order chi connectivity index (χ1) is 14.6. The Morgan fingerprint density at radius 1 is 1.20 bits per heavy atom. The molecule has 0 bridgehead atoms. The normalized spacial score (nSPS) is 10.7. The molecule has 0 atom stereocenters. The lowest BCUT2D eigenvalue weighted by Gasteiger charge is -2.12. The number of amides is 1. The number of imidazole rings is 1. The molecule has 0 fully saturated rings. The number of para-hydroxylation sites is 3. The zero-order chi connectivity index (χ0) is 21.3. The van der Waals surface area contributed by atoms with Crippen LogP contribution in [0.4, 0.5) is 0 Å². The zero-order valence-corrected chi connectivity index (χ0v) is 17.6. The van der Waals surface area contributed by atoms with E-state index in [0.29, 0.717) is 25.1 Å². The first kappa shape index (κ1) is 21.4. The summed E-state index contributed by atoms with van der Waals surface area (Å²) in [5.74, 6) is 1.75. The van der Waals surface area contributed by atoms with Crippen LogP contribution < -0.4 is 10.1 Å². The molecule has 156 valence electrons. The number of carbonyl (C=O) groups is 1. The van der Waals surface area contributed by atoms with Crippen molar-refractivity contribution >= 4 is 16.9 Å². The first-order valence-corrected chi connectivity index (χ1v) is 10.3. The van der Waals surface area contributed by atoms with Crippen LogP contribution in [0.25, 0.3) is 11.0 Å². The van der Waals surface area contributed by atoms with E-state index in [2.05, 4.69) is 35.2 Å². The molecule has 0 aliphatic rings. The Kier molecular flexibility index (Phi) is 7.44. The van der Waals surface area contributed by atoms with Gasteiger partial charge in [-0.2, -0.15) is 0 Å². The molecule has 0 aliphatic heterocycles. The second-order valence-electron chi connectivity index (χ2n) is 7.26. The van der Waals surface area contributed by atoms with Gasteiger partial charge in [-0.25, -0.2) is 4.98 Å². The molecule has 3 rings (SSSR count). The number of carbonyl (C=O) groups excluding carboxylic acids is 1. The van der Waals surface area contributed by atoms with Crippen molar-refractivity contribution in [1.29, 1.82) is 0 Å². The van der Waals surface area contributed by atoms with Gasteiger partial charge in [0, 0.05) is 25.1 Å². The fourth-order valence-corrected chi connectivity index (χ4v) is 3.38.